The number of nitrogen functional groups attached to an aromatic ring is 1. The number of piperidine rings is 1. The number of imide groups is 1. The maximum Gasteiger partial charge on any atom is 0.327 e. The van der Waals surface area contributed by atoms with Gasteiger partial charge in [-0.2, -0.15) is 5.10 Å². The molecule has 0 bridgehead atoms. The van der Waals surface area contributed by atoms with E-state index in [1.807, 2.05) is 17.0 Å². The van der Waals surface area contributed by atoms with Crippen molar-refractivity contribution in [3.05, 3.63) is 66.5 Å². The predicted octanol–water partition coefficient (Wildman–Crippen LogP) is 1.28. The molecule has 1 unspecified atom stereocenters. The second kappa shape index (κ2) is 17.3. The fourth-order valence-corrected chi connectivity index (χ4v) is 8.62. The van der Waals surface area contributed by atoms with Crippen LogP contribution in [0.15, 0.2) is 60.9 Å². The zero-order chi connectivity index (χ0) is 41.9. The highest BCUT2D eigenvalue weighted by Crippen LogP contribution is 2.45. The number of phenolic OH excluding ortho intramolecular Hbond substituents is 1. The van der Waals surface area contributed by atoms with Crippen LogP contribution < -0.4 is 31.3 Å². The number of likely N-dealkylation sites (tertiary alicyclic amines) is 1. The Morgan fingerprint density at radius 3 is 2.55 bits per heavy atom. The molecule has 314 valence electrons. The molecule has 3 aliphatic heterocycles. The molecule has 4 aliphatic rings. The van der Waals surface area contributed by atoms with Gasteiger partial charge in [-0.05, 0) is 67.9 Å². The van der Waals surface area contributed by atoms with Gasteiger partial charge in [0.05, 0.1) is 49.1 Å². The second-order valence-electron chi connectivity index (χ2n) is 15.3. The summed E-state index contributed by atoms with van der Waals surface area (Å²) in [5.41, 5.74) is 15.4. The Bertz CT molecular complexity index is 2290. The third-order valence-corrected chi connectivity index (χ3v) is 11.8. The van der Waals surface area contributed by atoms with Crippen LogP contribution >= 0.6 is 0 Å². The van der Waals surface area contributed by atoms with E-state index in [4.69, 9.17) is 20.9 Å². The van der Waals surface area contributed by atoms with Gasteiger partial charge in [0.2, 0.25) is 17.7 Å². The minimum atomic E-state index is -0.790. The van der Waals surface area contributed by atoms with Crippen LogP contribution in [0.3, 0.4) is 0 Å². The highest BCUT2D eigenvalue weighted by molar-refractivity contribution is 6.02. The van der Waals surface area contributed by atoms with Gasteiger partial charge in [-0.1, -0.05) is 24.3 Å². The number of para-hydroxylation sites is 2. The van der Waals surface area contributed by atoms with Gasteiger partial charge >= 0.3 is 5.97 Å². The van der Waals surface area contributed by atoms with Crippen molar-refractivity contribution in [2.75, 3.05) is 68.1 Å². The zero-order valence-corrected chi connectivity index (χ0v) is 32.9. The maximum absolute atomic E-state index is 13.7. The van der Waals surface area contributed by atoms with Gasteiger partial charge in [-0.3, -0.25) is 28.9 Å². The first-order chi connectivity index (χ1) is 29.1. The van der Waals surface area contributed by atoms with E-state index >= 15 is 0 Å². The summed E-state index contributed by atoms with van der Waals surface area (Å²) in [6.07, 6.45) is 7.42. The summed E-state index contributed by atoms with van der Waals surface area (Å²) in [6, 6.07) is 14.1. The lowest BCUT2D eigenvalue weighted by molar-refractivity contribution is -0.162. The second-order valence-corrected chi connectivity index (χ2v) is 15.3. The SMILES string of the molecule is NCC(=O)NCC(=O)OCN1C(=O)CCC(N2CCOc3c(C4CCC(N5CCN(c6cnn(-c7cc(-c8ccccc8O)nnc7N)c6)C(=O)C5)CC4)cccc32)C1=O. The van der Waals surface area contributed by atoms with Gasteiger partial charge in [0.25, 0.3) is 5.91 Å². The van der Waals surface area contributed by atoms with E-state index in [1.54, 1.807) is 52.3 Å². The number of nitrogens with one attached hydrogen (secondary N) is 1. The molecule has 5 heterocycles. The molecule has 4 amide bonds. The normalized spacial score (nSPS) is 21.1. The third kappa shape index (κ3) is 8.17. The van der Waals surface area contributed by atoms with Gasteiger partial charge in [0, 0.05) is 31.1 Å². The number of nitrogens with zero attached hydrogens (tertiary/aromatic N) is 8. The lowest BCUT2D eigenvalue weighted by Gasteiger charge is -2.43. The quantitative estimate of drug-likeness (QED) is 0.123. The van der Waals surface area contributed by atoms with Crippen LogP contribution in [0, 0.1) is 0 Å². The summed E-state index contributed by atoms with van der Waals surface area (Å²) in [5, 5.41) is 25.3. The molecule has 3 fully saturated rings. The Hall–Kier alpha value is -6.60. The molecule has 6 N–H and O–H groups in total. The van der Waals surface area contributed by atoms with Crippen molar-refractivity contribution < 1.29 is 38.6 Å². The molecule has 2 aromatic carbocycles. The number of aromatic nitrogens is 4. The summed E-state index contributed by atoms with van der Waals surface area (Å²) in [7, 11) is 0. The van der Waals surface area contributed by atoms with E-state index in [9.17, 15) is 29.1 Å². The molecule has 19 nitrogen and oxygen atoms in total. The molecule has 2 aromatic heterocycles. The van der Waals surface area contributed by atoms with Gasteiger partial charge in [0.1, 0.15) is 36.4 Å². The number of carbonyl (C=O) groups is 5. The molecule has 19 heteroatoms. The number of ether oxygens (including phenoxy) is 2. The smallest absolute Gasteiger partial charge is 0.327 e. The standard InChI is InChI=1S/C41H47N11O8/c42-19-35(54)44-21-38(57)60-24-51-36(55)13-12-32(41(51)58)50-16-17-59-39-28(5-3-6-31(39)50)25-8-10-26(11-9-25)48-14-15-49(37(56)23-48)27-20-45-52(22-27)33-18-30(46-47-40(33)43)29-4-1-2-7-34(29)53/h1-7,18,20,22,25-26,32,53H,8-17,19,21,23-24,42H2,(H2,43,47)(H,44,54). The number of amides is 4. The number of aromatic hydroxyl groups is 1. The lowest BCUT2D eigenvalue weighted by Crippen LogP contribution is -2.57. The Labute approximate surface area is 345 Å². The van der Waals surface area contributed by atoms with E-state index in [0.717, 1.165) is 47.6 Å². The van der Waals surface area contributed by atoms with Crippen LogP contribution in [-0.2, 0) is 28.7 Å². The zero-order valence-electron chi connectivity index (χ0n) is 32.9. The molecular formula is C41H47N11O8. The number of carbonyl (C=O) groups excluding carboxylic acids is 5. The molecule has 1 saturated carbocycles. The Morgan fingerprint density at radius 2 is 1.77 bits per heavy atom. The topological polar surface area (TPSA) is 245 Å². The minimum absolute atomic E-state index is 0.0176. The van der Waals surface area contributed by atoms with Crippen molar-refractivity contribution in [1.82, 2.24) is 35.1 Å². The number of fused-ring (bicyclic) bond motifs is 1. The first-order valence-electron chi connectivity index (χ1n) is 20.1. The number of hydrogen-bond donors (Lipinski definition) is 4. The number of esters is 1. The number of benzene rings is 2. The fraction of sp³-hybridized carbons (Fsp3) is 0.415. The summed E-state index contributed by atoms with van der Waals surface area (Å²) in [4.78, 5) is 70.6. The van der Waals surface area contributed by atoms with Crippen molar-refractivity contribution in [1.29, 1.82) is 0 Å². The van der Waals surface area contributed by atoms with E-state index in [0.29, 0.717) is 55.3 Å². The maximum atomic E-state index is 13.7. The molecule has 60 heavy (non-hydrogen) atoms. The van der Waals surface area contributed by atoms with Crippen molar-refractivity contribution in [2.45, 2.75) is 56.5 Å². The average Bonchev–Trinajstić information content (AvgIpc) is 3.75. The van der Waals surface area contributed by atoms with E-state index in [2.05, 4.69) is 31.6 Å². The first-order valence-corrected chi connectivity index (χ1v) is 20.1. The Kier molecular flexibility index (Phi) is 11.6. The first kappa shape index (κ1) is 40.2. The van der Waals surface area contributed by atoms with Crippen LogP contribution in [0.25, 0.3) is 16.9 Å². The molecular weight excluding hydrogens is 775 g/mol. The number of anilines is 3. The predicted molar refractivity (Wildman–Crippen MR) is 217 cm³/mol. The largest absolute Gasteiger partial charge is 0.507 e. The Balaban J connectivity index is 0.874. The van der Waals surface area contributed by atoms with E-state index in [1.165, 1.54) is 0 Å². The number of piperazine rings is 1. The van der Waals surface area contributed by atoms with Crippen LogP contribution in [0.2, 0.25) is 0 Å². The summed E-state index contributed by atoms with van der Waals surface area (Å²) < 4.78 is 13.0. The summed E-state index contributed by atoms with van der Waals surface area (Å²) >= 11 is 0. The highest BCUT2D eigenvalue weighted by atomic mass is 16.5. The average molecular weight is 822 g/mol. The van der Waals surface area contributed by atoms with E-state index < -0.39 is 43.0 Å². The van der Waals surface area contributed by atoms with Crippen LogP contribution in [-0.4, -0.2) is 129 Å². The van der Waals surface area contributed by atoms with Crippen LogP contribution in [0.5, 0.6) is 11.5 Å². The summed E-state index contributed by atoms with van der Waals surface area (Å²) in [6.45, 7) is 1.07. The molecule has 0 radical (unpaired) electrons. The monoisotopic (exact) mass is 821 g/mol. The van der Waals surface area contributed by atoms with Gasteiger partial charge < -0.3 is 41.2 Å². The fourth-order valence-electron chi connectivity index (χ4n) is 8.62. The summed E-state index contributed by atoms with van der Waals surface area (Å²) in [5.74, 6) is -1.03. The number of nitrogens with two attached hydrogens (primary N) is 2. The number of hydrogen-bond acceptors (Lipinski definition) is 15. The van der Waals surface area contributed by atoms with Gasteiger partial charge in [-0.15, -0.1) is 10.2 Å². The number of phenols is 1. The molecule has 4 aromatic rings. The minimum Gasteiger partial charge on any atom is -0.507 e. The van der Waals surface area contributed by atoms with Gasteiger partial charge in [-0.25, -0.2) is 9.58 Å². The molecule has 2 saturated heterocycles. The van der Waals surface area contributed by atoms with Crippen molar-refractivity contribution in [3.8, 4) is 28.4 Å². The third-order valence-electron chi connectivity index (χ3n) is 11.8. The highest BCUT2D eigenvalue weighted by Gasteiger charge is 2.41. The molecule has 1 atom stereocenters. The van der Waals surface area contributed by atoms with Crippen molar-refractivity contribution in [3.63, 3.8) is 0 Å². The Morgan fingerprint density at radius 1 is 0.950 bits per heavy atom. The van der Waals surface area contributed by atoms with Crippen molar-refractivity contribution in [2.24, 2.45) is 5.73 Å². The number of rotatable bonds is 11. The molecule has 1 aliphatic carbocycles. The van der Waals surface area contributed by atoms with E-state index in [-0.39, 0.29) is 48.9 Å². The lowest BCUT2D eigenvalue weighted by atomic mass is 9.80. The van der Waals surface area contributed by atoms with Crippen LogP contribution in [0.1, 0.15) is 50.0 Å². The molecule has 8 rings (SSSR count). The molecule has 0 spiro atoms. The van der Waals surface area contributed by atoms with Crippen LogP contribution in [0.4, 0.5) is 17.2 Å². The van der Waals surface area contributed by atoms with Gasteiger partial charge in [0.15, 0.2) is 12.5 Å². The van der Waals surface area contributed by atoms with Crippen molar-refractivity contribution >= 4 is 46.8 Å².